The summed E-state index contributed by atoms with van der Waals surface area (Å²) in [6.07, 6.45) is 3.23. The maximum Gasteiger partial charge on any atom is 0.275 e. The van der Waals surface area contributed by atoms with Crippen molar-refractivity contribution >= 4 is 22.2 Å². The Morgan fingerprint density at radius 1 is 1.17 bits per heavy atom. The molecule has 0 bridgehead atoms. The van der Waals surface area contributed by atoms with Crippen LogP contribution in [-0.2, 0) is 27.0 Å². The summed E-state index contributed by atoms with van der Waals surface area (Å²) >= 11 is 0. The van der Waals surface area contributed by atoms with Crippen molar-refractivity contribution < 1.29 is 26.5 Å². The van der Waals surface area contributed by atoms with E-state index in [4.69, 9.17) is 0 Å². The molecule has 0 saturated carbocycles. The number of allylic oxidation sites excluding steroid dienone is 3. The largest absolute Gasteiger partial charge is 0.285 e. The lowest BCUT2D eigenvalue weighted by molar-refractivity contribution is -0.120. The van der Waals surface area contributed by atoms with Gasteiger partial charge in [0, 0.05) is 11.1 Å². The minimum Gasteiger partial charge on any atom is -0.285 e. The zero-order valence-electron chi connectivity index (χ0n) is 15.6. The molecule has 1 aliphatic carbocycles. The van der Waals surface area contributed by atoms with Crippen LogP contribution in [0.5, 0.6) is 0 Å². The number of benzene rings is 2. The van der Waals surface area contributed by atoms with Crippen molar-refractivity contribution in [2.75, 3.05) is 0 Å². The lowest BCUT2D eigenvalue weighted by Gasteiger charge is -2.30. The van der Waals surface area contributed by atoms with Crippen LogP contribution in [0.4, 0.5) is 8.78 Å². The molecule has 9 heteroatoms. The molecule has 0 heterocycles. The Hall–Kier alpha value is -3.17. The van der Waals surface area contributed by atoms with E-state index < -0.39 is 32.8 Å². The summed E-state index contributed by atoms with van der Waals surface area (Å²) < 4.78 is 62.4. The van der Waals surface area contributed by atoms with Gasteiger partial charge in [0.25, 0.3) is 10.1 Å². The first-order valence-electron chi connectivity index (χ1n) is 8.87. The Morgan fingerprint density at radius 2 is 1.83 bits per heavy atom. The fraction of sp³-hybridized carbons (Fsp3) is 0.143. The van der Waals surface area contributed by atoms with Crippen LogP contribution in [0.15, 0.2) is 83.8 Å². The highest BCUT2D eigenvalue weighted by Crippen LogP contribution is 2.41. The number of nitrogens with zero attached hydrogens (tertiary/aromatic N) is 1. The quantitative estimate of drug-likeness (QED) is 0.416. The Labute approximate surface area is 172 Å². The number of rotatable bonds is 6. The van der Waals surface area contributed by atoms with E-state index in [0.29, 0.717) is 6.08 Å². The fourth-order valence-electron chi connectivity index (χ4n) is 3.15. The highest BCUT2D eigenvalue weighted by Gasteiger charge is 2.48. The summed E-state index contributed by atoms with van der Waals surface area (Å²) in [5.41, 5.74) is 0.0904. The second kappa shape index (κ2) is 8.68. The van der Waals surface area contributed by atoms with Crippen molar-refractivity contribution in [1.29, 1.82) is 0 Å². The van der Waals surface area contributed by atoms with Gasteiger partial charge in [0.15, 0.2) is 5.67 Å². The number of carbonyl (C=O) groups excluding carboxylic acids is 1. The highest BCUT2D eigenvalue weighted by atomic mass is 32.2. The van der Waals surface area contributed by atoms with Gasteiger partial charge in [-0.1, -0.05) is 60.7 Å². The van der Waals surface area contributed by atoms with Crippen molar-refractivity contribution in [2.45, 2.75) is 17.3 Å². The Morgan fingerprint density at radius 3 is 2.53 bits per heavy atom. The molecular weight excluding hydrogens is 414 g/mol. The molecule has 0 saturated heterocycles. The molecule has 0 aromatic heterocycles. The first kappa shape index (κ1) is 21.5. The topological polar surface area (TPSA) is 95.8 Å². The molecule has 30 heavy (non-hydrogen) atoms. The molecule has 2 atom stereocenters. The molecule has 0 fully saturated rings. The van der Waals surface area contributed by atoms with E-state index in [1.165, 1.54) is 18.2 Å². The normalized spacial score (nSPS) is 21.4. The van der Waals surface area contributed by atoms with Crippen LogP contribution in [0.1, 0.15) is 16.7 Å². The highest BCUT2D eigenvalue weighted by molar-refractivity contribution is 7.86. The molecule has 0 spiro atoms. The Balaban J connectivity index is 1.86. The third kappa shape index (κ3) is 4.87. The number of hydrogen-bond donors (Lipinski definition) is 2. The summed E-state index contributed by atoms with van der Waals surface area (Å²) in [6.45, 7) is 0. The minimum absolute atomic E-state index is 0.0798. The lowest BCUT2D eigenvalue weighted by Crippen LogP contribution is -2.40. The van der Waals surface area contributed by atoms with Crippen molar-refractivity contribution in [1.82, 2.24) is 5.43 Å². The van der Waals surface area contributed by atoms with Gasteiger partial charge < -0.3 is 0 Å². The Bertz CT molecular complexity index is 1130. The molecule has 2 unspecified atom stereocenters. The number of carbonyl (C=O) groups is 1. The van der Waals surface area contributed by atoms with E-state index >= 15 is 4.39 Å². The number of alkyl halides is 1. The summed E-state index contributed by atoms with van der Waals surface area (Å²) in [5, 5.41) is 1.76. The number of hydrogen-bond acceptors (Lipinski definition) is 4. The van der Waals surface area contributed by atoms with E-state index in [1.807, 2.05) is 6.07 Å². The Kier molecular flexibility index (Phi) is 6.23. The molecule has 6 nitrogen and oxygen atoms in total. The van der Waals surface area contributed by atoms with Crippen LogP contribution in [0.2, 0.25) is 0 Å². The van der Waals surface area contributed by atoms with E-state index in [2.05, 4.69) is 10.5 Å². The van der Waals surface area contributed by atoms with Crippen LogP contribution in [-0.4, -0.2) is 30.3 Å². The van der Waals surface area contributed by atoms with Crippen LogP contribution in [0, 0.1) is 0 Å². The number of nitrogens with one attached hydrogen (secondary N) is 1. The van der Waals surface area contributed by atoms with Gasteiger partial charge >= 0.3 is 0 Å². The van der Waals surface area contributed by atoms with Crippen molar-refractivity contribution in [3.05, 3.63) is 95.3 Å². The van der Waals surface area contributed by atoms with Gasteiger partial charge in [-0.25, -0.2) is 14.2 Å². The van der Waals surface area contributed by atoms with Gasteiger partial charge in [-0.2, -0.15) is 13.5 Å². The zero-order chi connectivity index (χ0) is 21.8. The van der Waals surface area contributed by atoms with E-state index in [-0.39, 0.29) is 17.5 Å². The molecule has 156 valence electrons. The average molecular weight is 432 g/mol. The third-order valence-electron chi connectivity index (χ3n) is 4.49. The van der Waals surface area contributed by atoms with Crippen LogP contribution < -0.4 is 5.43 Å². The third-order valence-corrected chi connectivity index (χ3v) is 5.63. The van der Waals surface area contributed by atoms with Crippen LogP contribution in [0.25, 0.3) is 0 Å². The smallest absolute Gasteiger partial charge is 0.275 e. The van der Waals surface area contributed by atoms with Gasteiger partial charge in [-0.3, -0.25) is 9.35 Å². The summed E-state index contributed by atoms with van der Waals surface area (Å²) in [7, 11) is -4.88. The zero-order valence-corrected chi connectivity index (χ0v) is 16.4. The van der Waals surface area contributed by atoms with E-state index in [0.717, 1.165) is 23.9 Å². The standard InChI is InChI=1S/C21H18F2N2O4S/c22-17-10-11-19(30(27,28)29)21(23,13-17)18-9-5-4-8-16(18)14-24-25-20(26)12-15-6-2-1-3-7-15/h1-11,13-14,19H,12H2,(H,25,26)(H,27,28,29)/b24-14+. The van der Waals surface area contributed by atoms with Gasteiger partial charge in [-0.05, 0) is 17.7 Å². The van der Waals surface area contributed by atoms with Crippen molar-refractivity contribution in [3.8, 4) is 0 Å². The molecule has 0 aliphatic heterocycles. The summed E-state index contributed by atoms with van der Waals surface area (Å²) in [6, 6.07) is 14.6. The average Bonchev–Trinajstić information content (AvgIpc) is 2.68. The number of amides is 1. The van der Waals surface area contributed by atoms with Gasteiger partial charge in [0.05, 0.1) is 12.6 Å². The molecule has 3 rings (SSSR count). The van der Waals surface area contributed by atoms with Gasteiger partial charge in [0.2, 0.25) is 5.91 Å². The maximum absolute atomic E-state index is 15.8. The van der Waals surface area contributed by atoms with Crippen LogP contribution in [0.3, 0.4) is 0 Å². The van der Waals surface area contributed by atoms with Crippen LogP contribution >= 0.6 is 0 Å². The molecular formula is C21H18F2N2O4S. The van der Waals surface area contributed by atoms with Crippen molar-refractivity contribution in [3.63, 3.8) is 0 Å². The molecule has 2 N–H and O–H groups in total. The molecule has 1 aliphatic rings. The number of hydrazone groups is 1. The SMILES string of the molecule is O=C(Cc1ccccc1)N/N=C/c1ccccc1C1(F)C=C(F)C=CC1S(=O)(=O)O. The van der Waals surface area contributed by atoms with Gasteiger partial charge in [-0.15, -0.1) is 0 Å². The minimum atomic E-state index is -4.88. The molecule has 2 aromatic carbocycles. The van der Waals surface area contributed by atoms with E-state index in [9.17, 15) is 22.2 Å². The fourth-order valence-corrected chi connectivity index (χ4v) is 4.06. The second-order valence-corrected chi connectivity index (χ2v) is 8.17. The molecule has 2 aromatic rings. The van der Waals surface area contributed by atoms with E-state index in [1.54, 1.807) is 30.3 Å². The molecule has 0 radical (unpaired) electrons. The summed E-state index contributed by atoms with van der Waals surface area (Å²) in [5.74, 6) is -1.40. The predicted molar refractivity (Wildman–Crippen MR) is 109 cm³/mol. The predicted octanol–water partition coefficient (Wildman–Crippen LogP) is 3.22. The molecule has 1 amide bonds. The maximum atomic E-state index is 15.8. The van der Waals surface area contributed by atoms with Crippen molar-refractivity contribution in [2.24, 2.45) is 5.10 Å². The second-order valence-electron chi connectivity index (χ2n) is 6.63. The first-order valence-corrected chi connectivity index (χ1v) is 10.4. The number of halogens is 2. The summed E-state index contributed by atoms with van der Waals surface area (Å²) in [4.78, 5) is 12.0. The first-order chi connectivity index (χ1) is 14.2. The lowest BCUT2D eigenvalue weighted by atomic mass is 9.85. The monoisotopic (exact) mass is 432 g/mol. The van der Waals surface area contributed by atoms with Gasteiger partial charge in [0.1, 0.15) is 11.1 Å².